The summed E-state index contributed by atoms with van der Waals surface area (Å²) in [5.41, 5.74) is 0. The number of aromatic nitrogens is 3. The van der Waals surface area contributed by atoms with Crippen molar-refractivity contribution in [2.24, 2.45) is 7.05 Å². The fourth-order valence-corrected chi connectivity index (χ4v) is 2.97. The molecular formula is C7H13N5O2S. The molecule has 8 heteroatoms. The fourth-order valence-electron chi connectivity index (χ4n) is 1.52. The van der Waals surface area contributed by atoms with Crippen LogP contribution in [0.15, 0.2) is 11.5 Å². The fraction of sp³-hybridized carbons (Fsp3) is 0.714. The molecule has 1 saturated heterocycles. The van der Waals surface area contributed by atoms with Crippen LogP contribution >= 0.6 is 0 Å². The van der Waals surface area contributed by atoms with Gasteiger partial charge in [0.05, 0.1) is 0 Å². The molecule has 0 aliphatic carbocycles. The quantitative estimate of drug-likeness (QED) is 0.663. The molecule has 0 aromatic carbocycles. The van der Waals surface area contributed by atoms with E-state index in [4.69, 9.17) is 0 Å². The molecule has 0 spiro atoms. The van der Waals surface area contributed by atoms with Crippen LogP contribution in [0.1, 0.15) is 0 Å². The Bertz CT molecular complexity index is 434. The van der Waals surface area contributed by atoms with E-state index in [0.29, 0.717) is 26.2 Å². The Balaban J connectivity index is 2.30. The monoisotopic (exact) mass is 231 g/mol. The molecule has 1 aromatic heterocycles. The summed E-state index contributed by atoms with van der Waals surface area (Å²) in [6.45, 7) is 2.32. The molecule has 1 fully saturated rings. The second kappa shape index (κ2) is 3.87. The summed E-state index contributed by atoms with van der Waals surface area (Å²) in [5, 5.41) is 6.86. The second-order valence-electron chi connectivity index (χ2n) is 3.32. The molecule has 15 heavy (non-hydrogen) atoms. The van der Waals surface area contributed by atoms with Gasteiger partial charge in [-0.2, -0.15) is 9.40 Å². The number of nitrogens with zero attached hydrogens (tertiary/aromatic N) is 4. The maximum absolute atomic E-state index is 12.0. The van der Waals surface area contributed by atoms with Crippen molar-refractivity contribution in [2.75, 3.05) is 26.2 Å². The Hall–Kier alpha value is -0.990. The molecule has 0 unspecified atom stereocenters. The summed E-state index contributed by atoms with van der Waals surface area (Å²) in [6, 6.07) is 0. The number of piperazine rings is 1. The van der Waals surface area contributed by atoms with Crippen molar-refractivity contribution in [1.29, 1.82) is 0 Å². The van der Waals surface area contributed by atoms with Gasteiger partial charge in [0.2, 0.25) is 0 Å². The van der Waals surface area contributed by atoms with Crippen molar-refractivity contribution in [3.63, 3.8) is 0 Å². The van der Waals surface area contributed by atoms with E-state index in [1.165, 1.54) is 15.3 Å². The molecule has 0 saturated carbocycles. The van der Waals surface area contributed by atoms with Gasteiger partial charge in [-0.1, -0.05) is 0 Å². The highest BCUT2D eigenvalue weighted by molar-refractivity contribution is 7.89. The van der Waals surface area contributed by atoms with Crippen LogP contribution in [0.25, 0.3) is 0 Å². The molecule has 1 aliphatic heterocycles. The summed E-state index contributed by atoms with van der Waals surface area (Å²) < 4.78 is 26.8. The minimum atomic E-state index is -3.47. The molecular weight excluding hydrogens is 218 g/mol. The van der Waals surface area contributed by atoms with Gasteiger partial charge in [-0.05, 0) is 0 Å². The molecule has 1 aliphatic rings. The Morgan fingerprint density at radius 2 is 2.07 bits per heavy atom. The van der Waals surface area contributed by atoms with Crippen LogP contribution in [0.4, 0.5) is 0 Å². The molecule has 0 radical (unpaired) electrons. The lowest BCUT2D eigenvalue weighted by molar-refractivity contribution is 0.355. The van der Waals surface area contributed by atoms with Gasteiger partial charge in [0.1, 0.15) is 6.33 Å². The van der Waals surface area contributed by atoms with E-state index in [9.17, 15) is 8.42 Å². The molecule has 0 atom stereocenters. The summed E-state index contributed by atoms with van der Waals surface area (Å²) in [4.78, 5) is 3.76. The smallest absolute Gasteiger partial charge is 0.278 e. The number of aryl methyl sites for hydroxylation is 1. The molecule has 2 rings (SSSR count). The maximum atomic E-state index is 12.0. The van der Waals surface area contributed by atoms with Gasteiger partial charge in [0.15, 0.2) is 0 Å². The molecule has 0 bridgehead atoms. The number of hydrogen-bond donors (Lipinski definition) is 1. The zero-order valence-corrected chi connectivity index (χ0v) is 9.24. The molecule has 84 valence electrons. The Labute approximate surface area is 88.1 Å². The SMILES string of the molecule is Cn1ncnc1S(=O)(=O)N1CCNCC1. The lowest BCUT2D eigenvalue weighted by atomic mass is 10.4. The van der Waals surface area contributed by atoms with Crippen LogP contribution in [0.3, 0.4) is 0 Å². The molecule has 1 N–H and O–H groups in total. The highest BCUT2D eigenvalue weighted by Gasteiger charge is 2.29. The normalized spacial score (nSPS) is 19.3. The predicted octanol–water partition coefficient (Wildman–Crippen LogP) is -1.59. The molecule has 7 nitrogen and oxygen atoms in total. The van der Waals surface area contributed by atoms with Crippen molar-refractivity contribution in [3.8, 4) is 0 Å². The van der Waals surface area contributed by atoms with E-state index in [-0.39, 0.29) is 5.16 Å². The average Bonchev–Trinajstić information content (AvgIpc) is 2.66. The lowest BCUT2D eigenvalue weighted by Gasteiger charge is -2.25. The third-order valence-corrected chi connectivity index (χ3v) is 4.19. The Kier molecular flexibility index (Phi) is 2.72. The number of sulfonamides is 1. The standard InChI is InChI=1S/C7H13N5O2S/c1-11-7(9-6-10-11)15(13,14)12-4-2-8-3-5-12/h6,8H,2-5H2,1H3. The van der Waals surface area contributed by atoms with Crippen LogP contribution in [0.2, 0.25) is 0 Å². The molecule has 0 amide bonds. The second-order valence-corrected chi connectivity index (χ2v) is 5.15. The average molecular weight is 231 g/mol. The van der Waals surface area contributed by atoms with E-state index < -0.39 is 10.0 Å². The Morgan fingerprint density at radius 3 is 2.60 bits per heavy atom. The zero-order valence-electron chi connectivity index (χ0n) is 8.42. The lowest BCUT2D eigenvalue weighted by Crippen LogP contribution is -2.46. The highest BCUT2D eigenvalue weighted by atomic mass is 32.2. The van der Waals surface area contributed by atoms with Gasteiger partial charge in [0.25, 0.3) is 15.2 Å². The first-order valence-corrected chi connectivity index (χ1v) is 6.11. The van der Waals surface area contributed by atoms with E-state index in [1.807, 2.05) is 0 Å². The van der Waals surface area contributed by atoms with Crippen molar-refractivity contribution < 1.29 is 8.42 Å². The van der Waals surface area contributed by atoms with E-state index >= 15 is 0 Å². The van der Waals surface area contributed by atoms with Crippen LogP contribution in [-0.4, -0.2) is 53.7 Å². The van der Waals surface area contributed by atoms with E-state index in [0.717, 1.165) is 0 Å². The van der Waals surface area contributed by atoms with Gasteiger partial charge in [-0.25, -0.2) is 18.1 Å². The van der Waals surface area contributed by atoms with Crippen LogP contribution in [0, 0.1) is 0 Å². The Morgan fingerprint density at radius 1 is 1.40 bits per heavy atom. The van der Waals surface area contributed by atoms with Crippen molar-refractivity contribution in [1.82, 2.24) is 24.4 Å². The minimum Gasteiger partial charge on any atom is -0.314 e. The summed E-state index contributed by atoms with van der Waals surface area (Å²) in [6.07, 6.45) is 1.25. The van der Waals surface area contributed by atoms with Gasteiger partial charge < -0.3 is 5.32 Å². The maximum Gasteiger partial charge on any atom is 0.278 e. The third kappa shape index (κ3) is 1.87. The molecule has 1 aromatic rings. The van der Waals surface area contributed by atoms with Crippen molar-refractivity contribution in [2.45, 2.75) is 5.16 Å². The number of hydrogen-bond acceptors (Lipinski definition) is 5. The van der Waals surface area contributed by atoms with Gasteiger partial charge in [0, 0.05) is 33.2 Å². The number of rotatable bonds is 2. The number of nitrogens with one attached hydrogen (secondary N) is 1. The third-order valence-electron chi connectivity index (χ3n) is 2.32. The topological polar surface area (TPSA) is 80.1 Å². The molecule has 2 heterocycles. The first-order chi connectivity index (χ1) is 7.12. The summed E-state index contributed by atoms with van der Waals surface area (Å²) in [5.74, 6) is 0. The van der Waals surface area contributed by atoms with E-state index in [1.54, 1.807) is 7.05 Å². The highest BCUT2D eigenvalue weighted by Crippen LogP contribution is 2.11. The minimum absolute atomic E-state index is 0.00407. The van der Waals surface area contributed by atoms with Gasteiger partial charge >= 0.3 is 0 Å². The first-order valence-electron chi connectivity index (χ1n) is 4.67. The van der Waals surface area contributed by atoms with Crippen LogP contribution in [0.5, 0.6) is 0 Å². The van der Waals surface area contributed by atoms with Crippen LogP contribution in [-0.2, 0) is 17.1 Å². The summed E-state index contributed by atoms with van der Waals surface area (Å²) in [7, 11) is -1.90. The van der Waals surface area contributed by atoms with E-state index in [2.05, 4.69) is 15.4 Å². The van der Waals surface area contributed by atoms with Gasteiger partial charge in [-0.15, -0.1) is 0 Å². The summed E-state index contributed by atoms with van der Waals surface area (Å²) >= 11 is 0. The van der Waals surface area contributed by atoms with Crippen molar-refractivity contribution in [3.05, 3.63) is 6.33 Å². The van der Waals surface area contributed by atoms with Crippen LogP contribution < -0.4 is 5.32 Å². The van der Waals surface area contributed by atoms with Gasteiger partial charge in [-0.3, -0.25) is 0 Å². The predicted molar refractivity (Wildman–Crippen MR) is 52.6 cm³/mol. The first kappa shape index (κ1) is 10.5. The zero-order chi connectivity index (χ0) is 10.9. The largest absolute Gasteiger partial charge is 0.314 e. The van der Waals surface area contributed by atoms with Crippen molar-refractivity contribution >= 4 is 10.0 Å².